The maximum Gasteiger partial charge on any atom is 0.292 e. The lowest BCUT2D eigenvalue weighted by Crippen LogP contribution is -2.17. The monoisotopic (exact) mass is 426 g/mol. The Morgan fingerprint density at radius 3 is 2.57 bits per heavy atom. The summed E-state index contributed by atoms with van der Waals surface area (Å²) in [6.07, 6.45) is 0.925. The first-order valence-electron chi connectivity index (χ1n) is 9.46. The van der Waals surface area contributed by atoms with Crippen LogP contribution in [0.2, 0.25) is 5.02 Å². The molecular weight excluding hydrogens is 404 g/mol. The van der Waals surface area contributed by atoms with Crippen molar-refractivity contribution in [2.75, 3.05) is 37.8 Å². The highest BCUT2D eigenvalue weighted by Gasteiger charge is 2.16. The highest BCUT2D eigenvalue weighted by atomic mass is 35.5. The number of rotatable bonds is 9. The minimum Gasteiger partial charge on any atom is -0.354 e. The number of anilines is 3. The summed E-state index contributed by atoms with van der Waals surface area (Å²) < 4.78 is 0. The smallest absolute Gasteiger partial charge is 0.292 e. The van der Waals surface area contributed by atoms with Gasteiger partial charge in [-0.2, -0.15) is 4.98 Å². The van der Waals surface area contributed by atoms with E-state index in [2.05, 4.69) is 25.5 Å². The van der Waals surface area contributed by atoms with E-state index in [4.69, 9.17) is 11.6 Å². The zero-order valence-corrected chi connectivity index (χ0v) is 17.6. The molecule has 0 saturated carbocycles. The van der Waals surface area contributed by atoms with E-state index >= 15 is 0 Å². The molecular formula is C21H23ClN6O2. The Morgan fingerprint density at radius 1 is 1.10 bits per heavy atom. The summed E-state index contributed by atoms with van der Waals surface area (Å²) in [5.41, 5.74) is 1.80. The quantitative estimate of drug-likeness (QED) is 0.288. The largest absolute Gasteiger partial charge is 0.354 e. The predicted octanol–water partition coefficient (Wildman–Crippen LogP) is 4.81. The van der Waals surface area contributed by atoms with Crippen LogP contribution in [-0.4, -0.2) is 47.0 Å². The second-order valence-corrected chi connectivity index (χ2v) is 7.39. The molecule has 0 aliphatic heterocycles. The fourth-order valence-electron chi connectivity index (χ4n) is 2.85. The van der Waals surface area contributed by atoms with Crippen LogP contribution in [0.4, 0.5) is 23.1 Å². The van der Waals surface area contributed by atoms with Crippen molar-refractivity contribution in [2.45, 2.75) is 6.42 Å². The first kappa shape index (κ1) is 21.5. The Bertz CT molecular complexity index is 1010. The molecule has 0 atom stereocenters. The molecule has 0 fully saturated rings. The van der Waals surface area contributed by atoms with Crippen molar-refractivity contribution >= 4 is 34.7 Å². The number of benzene rings is 2. The fourth-order valence-corrected chi connectivity index (χ4v) is 3.02. The third-order valence-electron chi connectivity index (χ3n) is 4.28. The number of nitrogens with one attached hydrogen (secondary N) is 2. The van der Waals surface area contributed by atoms with Crippen molar-refractivity contribution in [3.05, 3.63) is 69.7 Å². The Balaban J connectivity index is 1.92. The van der Waals surface area contributed by atoms with Gasteiger partial charge in [-0.25, -0.2) is 4.98 Å². The van der Waals surface area contributed by atoms with E-state index in [0.29, 0.717) is 29.0 Å². The van der Waals surface area contributed by atoms with E-state index in [1.54, 1.807) is 6.07 Å². The van der Waals surface area contributed by atoms with E-state index in [0.717, 1.165) is 18.5 Å². The zero-order chi connectivity index (χ0) is 21.5. The van der Waals surface area contributed by atoms with Crippen LogP contribution in [0.25, 0.3) is 11.3 Å². The predicted molar refractivity (Wildman–Crippen MR) is 121 cm³/mol. The van der Waals surface area contributed by atoms with Gasteiger partial charge in [0, 0.05) is 29.3 Å². The molecule has 1 heterocycles. The summed E-state index contributed by atoms with van der Waals surface area (Å²) in [5, 5.41) is 18.0. The average molecular weight is 427 g/mol. The third kappa shape index (κ3) is 5.88. The van der Waals surface area contributed by atoms with Crippen LogP contribution in [0.1, 0.15) is 6.42 Å². The van der Waals surface area contributed by atoms with Crippen LogP contribution in [0, 0.1) is 10.1 Å². The lowest BCUT2D eigenvalue weighted by atomic mass is 10.1. The number of hydrogen-bond acceptors (Lipinski definition) is 7. The van der Waals surface area contributed by atoms with Crippen LogP contribution >= 0.6 is 11.6 Å². The average Bonchev–Trinajstić information content (AvgIpc) is 2.71. The zero-order valence-electron chi connectivity index (χ0n) is 16.8. The minimum absolute atomic E-state index is 0.0836. The van der Waals surface area contributed by atoms with E-state index in [1.807, 2.05) is 44.4 Å². The standard InChI is InChI=1S/C21H23ClN6O2/c1-27(2)12-6-11-23-21-25-17(15-7-4-3-5-8-15)14-20(26-21)24-18-13-16(22)9-10-19(18)28(29)30/h3-5,7-10,13-14H,6,11-12H2,1-2H3,(H2,23,24,25,26). The van der Waals surface area contributed by atoms with Gasteiger partial charge in [-0.15, -0.1) is 0 Å². The summed E-state index contributed by atoms with van der Waals surface area (Å²) in [4.78, 5) is 22.1. The van der Waals surface area contributed by atoms with Gasteiger partial charge in [0.05, 0.1) is 10.6 Å². The van der Waals surface area contributed by atoms with Crippen molar-refractivity contribution in [2.24, 2.45) is 0 Å². The topological polar surface area (TPSA) is 96.2 Å². The van der Waals surface area contributed by atoms with Crippen LogP contribution < -0.4 is 10.6 Å². The first-order valence-corrected chi connectivity index (χ1v) is 9.84. The molecule has 8 nitrogen and oxygen atoms in total. The van der Waals surface area contributed by atoms with Crippen LogP contribution in [0.5, 0.6) is 0 Å². The molecule has 0 bridgehead atoms. The number of hydrogen-bond donors (Lipinski definition) is 2. The molecule has 2 aromatic carbocycles. The Kier molecular flexibility index (Phi) is 7.16. The maximum atomic E-state index is 11.4. The van der Waals surface area contributed by atoms with E-state index < -0.39 is 4.92 Å². The summed E-state index contributed by atoms with van der Waals surface area (Å²) in [5.74, 6) is 0.881. The highest BCUT2D eigenvalue weighted by molar-refractivity contribution is 6.31. The van der Waals surface area contributed by atoms with E-state index in [9.17, 15) is 10.1 Å². The minimum atomic E-state index is -0.460. The molecule has 156 valence electrons. The molecule has 3 rings (SSSR count). The number of nitro benzene ring substituents is 1. The van der Waals surface area contributed by atoms with Gasteiger partial charge in [0.15, 0.2) is 0 Å². The van der Waals surface area contributed by atoms with Gasteiger partial charge >= 0.3 is 0 Å². The maximum absolute atomic E-state index is 11.4. The highest BCUT2D eigenvalue weighted by Crippen LogP contribution is 2.31. The Morgan fingerprint density at radius 2 is 1.87 bits per heavy atom. The third-order valence-corrected chi connectivity index (χ3v) is 4.51. The molecule has 0 aliphatic rings. The van der Waals surface area contributed by atoms with Gasteiger partial charge in [0.2, 0.25) is 5.95 Å². The molecule has 0 unspecified atom stereocenters. The summed E-state index contributed by atoms with van der Waals surface area (Å²) in [6, 6.07) is 15.8. The molecule has 0 saturated heterocycles. The van der Waals surface area contributed by atoms with Crippen molar-refractivity contribution < 1.29 is 4.92 Å². The van der Waals surface area contributed by atoms with Gasteiger partial charge in [-0.3, -0.25) is 10.1 Å². The van der Waals surface area contributed by atoms with Gasteiger partial charge < -0.3 is 15.5 Å². The number of nitro groups is 1. The van der Waals surface area contributed by atoms with E-state index in [1.165, 1.54) is 18.2 Å². The lowest BCUT2D eigenvalue weighted by Gasteiger charge is -2.13. The van der Waals surface area contributed by atoms with Crippen LogP contribution in [0.15, 0.2) is 54.6 Å². The van der Waals surface area contributed by atoms with Gasteiger partial charge in [0.1, 0.15) is 11.5 Å². The van der Waals surface area contributed by atoms with Crippen molar-refractivity contribution in [3.63, 3.8) is 0 Å². The summed E-state index contributed by atoms with van der Waals surface area (Å²) in [6.45, 7) is 1.64. The molecule has 3 aromatic rings. The molecule has 0 aliphatic carbocycles. The SMILES string of the molecule is CN(C)CCCNc1nc(Nc2cc(Cl)ccc2[N+](=O)[O-])cc(-c2ccccc2)n1. The normalized spacial score (nSPS) is 10.8. The number of aromatic nitrogens is 2. The molecule has 1 aromatic heterocycles. The fraction of sp³-hybridized carbons (Fsp3) is 0.238. The molecule has 2 N–H and O–H groups in total. The Hall–Kier alpha value is -3.23. The number of nitrogens with zero attached hydrogens (tertiary/aromatic N) is 4. The van der Waals surface area contributed by atoms with Crippen molar-refractivity contribution in [3.8, 4) is 11.3 Å². The van der Waals surface area contributed by atoms with Gasteiger partial charge in [-0.1, -0.05) is 41.9 Å². The molecule has 0 spiro atoms. The molecule has 9 heteroatoms. The van der Waals surface area contributed by atoms with Crippen molar-refractivity contribution in [1.82, 2.24) is 14.9 Å². The molecule has 0 amide bonds. The lowest BCUT2D eigenvalue weighted by molar-refractivity contribution is -0.383. The number of halogens is 1. The van der Waals surface area contributed by atoms with Gasteiger partial charge in [0.25, 0.3) is 5.69 Å². The second-order valence-electron chi connectivity index (χ2n) is 6.96. The van der Waals surface area contributed by atoms with E-state index in [-0.39, 0.29) is 11.4 Å². The van der Waals surface area contributed by atoms with Crippen LogP contribution in [-0.2, 0) is 0 Å². The summed E-state index contributed by atoms with van der Waals surface area (Å²) >= 11 is 6.04. The van der Waals surface area contributed by atoms with Gasteiger partial charge in [-0.05, 0) is 39.2 Å². The Labute approximate surface area is 180 Å². The molecule has 30 heavy (non-hydrogen) atoms. The second kappa shape index (κ2) is 10.00. The van der Waals surface area contributed by atoms with Crippen molar-refractivity contribution in [1.29, 1.82) is 0 Å². The van der Waals surface area contributed by atoms with Crippen LogP contribution in [0.3, 0.4) is 0 Å². The first-order chi connectivity index (χ1) is 14.4. The molecule has 0 radical (unpaired) electrons. The summed E-state index contributed by atoms with van der Waals surface area (Å²) in [7, 11) is 4.04.